The van der Waals surface area contributed by atoms with Crippen molar-refractivity contribution in [1.82, 2.24) is 10.2 Å². The molecule has 0 saturated carbocycles. The third kappa shape index (κ3) is 5.74. The number of aliphatic carboxylic acids is 1. The molecule has 2 rings (SSSR count). The number of ether oxygens (including phenoxy) is 2. The zero-order valence-corrected chi connectivity index (χ0v) is 14.6. The summed E-state index contributed by atoms with van der Waals surface area (Å²) in [7, 11) is 3.22. The largest absolute Gasteiger partial charge is 0.497 e. The molecule has 25 heavy (non-hydrogen) atoms. The Morgan fingerprint density at radius 1 is 1.16 bits per heavy atom. The maximum atomic E-state index is 12.0. The van der Waals surface area contributed by atoms with Gasteiger partial charge in [0.15, 0.2) is 0 Å². The van der Waals surface area contributed by atoms with Crippen LogP contribution in [0, 0.1) is 0 Å². The van der Waals surface area contributed by atoms with E-state index >= 15 is 0 Å². The summed E-state index contributed by atoms with van der Waals surface area (Å²) in [5.74, 6) is 0.520. The number of carbonyl (C=O) groups excluding carboxylic acids is 1. The Balaban J connectivity index is 1.82. The molecule has 0 spiro atoms. The van der Waals surface area contributed by atoms with Gasteiger partial charge < -0.3 is 30.1 Å². The van der Waals surface area contributed by atoms with Crippen molar-refractivity contribution >= 4 is 17.7 Å². The standard InChI is InChI=1S/C17H25N3O5/c1-24-14-9-13(10-15(11-14)25-2)19-12-4-7-20(8-5-12)17(23)18-6-3-16(21)22/h9-12,19H,3-8H2,1-2H3,(H,18,23)(H,21,22). The molecule has 0 bridgehead atoms. The summed E-state index contributed by atoms with van der Waals surface area (Å²) < 4.78 is 10.5. The van der Waals surface area contributed by atoms with Gasteiger partial charge in [-0.05, 0) is 12.8 Å². The molecule has 1 saturated heterocycles. The van der Waals surface area contributed by atoms with Crippen LogP contribution in [0.3, 0.4) is 0 Å². The van der Waals surface area contributed by atoms with Crippen LogP contribution in [0.5, 0.6) is 11.5 Å². The Kier molecular flexibility index (Phi) is 6.73. The summed E-state index contributed by atoms with van der Waals surface area (Å²) >= 11 is 0. The molecule has 0 aromatic heterocycles. The number of methoxy groups -OCH3 is 2. The minimum absolute atomic E-state index is 0.0680. The maximum absolute atomic E-state index is 12.0. The van der Waals surface area contributed by atoms with Gasteiger partial charge in [0.1, 0.15) is 11.5 Å². The van der Waals surface area contributed by atoms with Crippen LogP contribution >= 0.6 is 0 Å². The van der Waals surface area contributed by atoms with Crippen LogP contribution in [0.4, 0.5) is 10.5 Å². The van der Waals surface area contributed by atoms with Gasteiger partial charge >= 0.3 is 12.0 Å². The summed E-state index contributed by atoms with van der Waals surface area (Å²) in [5.41, 5.74) is 0.917. The second kappa shape index (κ2) is 9.00. The van der Waals surface area contributed by atoms with Crippen LogP contribution in [-0.2, 0) is 4.79 Å². The average Bonchev–Trinajstić information content (AvgIpc) is 2.61. The smallest absolute Gasteiger partial charge is 0.317 e. The summed E-state index contributed by atoms with van der Waals surface area (Å²) in [6, 6.07) is 5.68. The molecule has 1 aromatic carbocycles. The van der Waals surface area contributed by atoms with Gasteiger partial charge in [-0.1, -0.05) is 0 Å². The highest BCUT2D eigenvalue weighted by molar-refractivity contribution is 5.75. The molecular weight excluding hydrogens is 326 g/mol. The summed E-state index contributed by atoms with van der Waals surface area (Å²) in [4.78, 5) is 24.2. The number of hydrogen-bond acceptors (Lipinski definition) is 5. The van der Waals surface area contributed by atoms with Gasteiger partial charge in [-0.25, -0.2) is 4.79 Å². The van der Waals surface area contributed by atoms with Crippen LogP contribution < -0.4 is 20.1 Å². The summed E-state index contributed by atoms with van der Waals surface area (Å²) in [6.07, 6.45) is 1.55. The van der Waals surface area contributed by atoms with E-state index in [-0.39, 0.29) is 25.0 Å². The van der Waals surface area contributed by atoms with E-state index in [0.717, 1.165) is 30.0 Å². The van der Waals surface area contributed by atoms with Crippen molar-refractivity contribution in [2.75, 3.05) is 39.2 Å². The number of likely N-dealkylation sites (tertiary alicyclic amines) is 1. The molecule has 0 atom stereocenters. The highest BCUT2D eigenvalue weighted by Gasteiger charge is 2.22. The lowest BCUT2D eigenvalue weighted by Crippen LogP contribution is -2.47. The molecule has 8 nitrogen and oxygen atoms in total. The summed E-state index contributed by atoms with van der Waals surface area (Å²) in [5, 5.41) is 14.7. The fourth-order valence-corrected chi connectivity index (χ4v) is 2.74. The second-order valence-corrected chi connectivity index (χ2v) is 5.88. The van der Waals surface area contributed by atoms with E-state index in [1.807, 2.05) is 18.2 Å². The lowest BCUT2D eigenvalue weighted by Gasteiger charge is -2.33. The number of nitrogens with zero attached hydrogens (tertiary/aromatic N) is 1. The van der Waals surface area contributed by atoms with Crippen molar-refractivity contribution < 1.29 is 24.2 Å². The van der Waals surface area contributed by atoms with Crippen molar-refractivity contribution in [2.45, 2.75) is 25.3 Å². The number of amides is 2. The zero-order chi connectivity index (χ0) is 18.2. The van der Waals surface area contributed by atoms with Crippen molar-refractivity contribution in [3.05, 3.63) is 18.2 Å². The summed E-state index contributed by atoms with van der Waals surface area (Å²) in [6.45, 7) is 1.39. The van der Waals surface area contributed by atoms with Crippen molar-refractivity contribution in [1.29, 1.82) is 0 Å². The Morgan fingerprint density at radius 2 is 1.76 bits per heavy atom. The predicted molar refractivity (Wildman–Crippen MR) is 93.4 cm³/mol. The van der Waals surface area contributed by atoms with E-state index < -0.39 is 5.97 Å². The molecule has 0 unspecified atom stereocenters. The van der Waals surface area contributed by atoms with Crippen molar-refractivity contribution in [2.24, 2.45) is 0 Å². The topological polar surface area (TPSA) is 100 Å². The Morgan fingerprint density at radius 3 is 2.28 bits per heavy atom. The molecule has 1 aromatic rings. The first-order chi connectivity index (χ1) is 12.0. The minimum atomic E-state index is -0.920. The third-order valence-electron chi connectivity index (χ3n) is 4.12. The first-order valence-electron chi connectivity index (χ1n) is 8.26. The molecule has 1 aliphatic rings. The van der Waals surface area contributed by atoms with Crippen LogP contribution in [0.15, 0.2) is 18.2 Å². The third-order valence-corrected chi connectivity index (χ3v) is 4.12. The first-order valence-corrected chi connectivity index (χ1v) is 8.26. The van der Waals surface area contributed by atoms with Gasteiger partial charge in [-0.3, -0.25) is 4.79 Å². The van der Waals surface area contributed by atoms with Gasteiger partial charge in [0.05, 0.1) is 20.6 Å². The number of carbonyl (C=O) groups is 2. The van der Waals surface area contributed by atoms with E-state index in [2.05, 4.69) is 10.6 Å². The molecule has 3 N–H and O–H groups in total. The average molecular weight is 351 g/mol. The second-order valence-electron chi connectivity index (χ2n) is 5.88. The van der Waals surface area contributed by atoms with E-state index in [0.29, 0.717) is 13.1 Å². The number of carboxylic acids is 1. The molecule has 138 valence electrons. The van der Waals surface area contributed by atoms with Crippen LogP contribution in [0.1, 0.15) is 19.3 Å². The highest BCUT2D eigenvalue weighted by Crippen LogP contribution is 2.27. The molecule has 8 heteroatoms. The van der Waals surface area contributed by atoms with Gasteiger partial charge in [0, 0.05) is 49.6 Å². The molecule has 0 radical (unpaired) electrons. The Bertz CT molecular complexity index is 578. The molecule has 1 aliphatic heterocycles. The molecule has 1 heterocycles. The molecule has 0 aliphatic carbocycles. The van der Waals surface area contributed by atoms with Crippen LogP contribution in [0.2, 0.25) is 0 Å². The zero-order valence-electron chi connectivity index (χ0n) is 14.6. The van der Waals surface area contributed by atoms with Gasteiger partial charge in [0.25, 0.3) is 0 Å². The number of anilines is 1. The molecule has 2 amide bonds. The number of nitrogens with one attached hydrogen (secondary N) is 2. The number of rotatable bonds is 7. The van der Waals surface area contributed by atoms with E-state index in [9.17, 15) is 9.59 Å². The Labute approximate surface area is 147 Å². The molecule has 1 fully saturated rings. The molecular formula is C17H25N3O5. The quantitative estimate of drug-likeness (QED) is 0.692. The highest BCUT2D eigenvalue weighted by atomic mass is 16.5. The SMILES string of the molecule is COc1cc(NC2CCN(C(=O)NCCC(=O)O)CC2)cc(OC)c1. The monoisotopic (exact) mass is 351 g/mol. The number of piperidine rings is 1. The number of hydrogen-bond donors (Lipinski definition) is 3. The van der Waals surface area contributed by atoms with E-state index in [1.54, 1.807) is 19.1 Å². The fraction of sp³-hybridized carbons (Fsp3) is 0.529. The lowest BCUT2D eigenvalue weighted by atomic mass is 10.0. The van der Waals surface area contributed by atoms with Crippen molar-refractivity contribution in [3.8, 4) is 11.5 Å². The van der Waals surface area contributed by atoms with Crippen LogP contribution in [-0.4, -0.2) is 61.9 Å². The van der Waals surface area contributed by atoms with Gasteiger partial charge in [0.2, 0.25) is 0 Å². The Hall–Kier alpha value is -2.64. The van der Waals surface area contributed by atoms with E-state index in [1.165, 1.54) is 0 Å². The number of benzene rings is 1. The van der Waals surface area contributed by atoms with Crippen molar-refractivity contribution in [3.63, 3.8) is 0 Å². The van der Waals surface area contributed by atoms with Gasteiger partial charge in [-0.15, -0.1) is 0 Å². The predicted octanol–water partition coefficient (Wildman–Crippen LogP) is 1.76. The maximum Gasteiger partial charge on any atom is 0.317 e. The number of carboxylic acid groups (broad SMARTS) is 1. The minimum Gasteiger partial charge on any atom is -0.497 e. The number of urea groups is 1. The lowest BCUT2D eigenvalue weighted by molar-refractivity contribution is -0.136. The fourth-order valence-electron chi connectivity index (χ4n) is 2.74. The normalized spacial score (nSPS) is 14.7. The van der Waals surface area contributed by atoms with Gasteiger partial charge in [-0.2, -0.15) is 0 Å². The van der Waals surface area contributed by atoms with E-state index in [4.69, 9.17) is 14.6 Å². The van der Waals surface area contributed by atoms with Crippen LogP contribution in [0.25, 0.3) is 0 Å². The first kappa shape index (κ1) is 18.7.